The van der Waals surface area contributed by atoms with Crippen LogP contribution in [0.25, 0.3) is 0 Å². The van der Waals surface area contributed by atoms with E-state index in [4.69, 9.17) is 11.6 Å². The summed E-state index contributed by atoms with van der Waals surface area (Å²) in [5.74, 6) is -0.651. The molecule has 1 aromatic carbocycles. The first-order chi connectivity index (χ1) is 11.4. The van der Waals surface area contributed by atoms with Gasteiger partial charge in [0.2, 0.25) is 5.91 Å². The average molecular weight is 373 g/mol. The van der Waals surface area contributed by atoms with Crippen molar-refractivity contribution < 1.29 is 19.1 Å². The van der Waals surface area contributed by atoms with Gasteiger partial charge >= 0.3 is 5.97 Å². The minimum absolute atomic E-state index is 0.394. The molecule has 24 heavy (non-hydrogen) atoms. The topological polar surface area (TPSA) is 84.5 Å². The van der Waals surface area contributed by atoms with Gasteiger partial charge in [0.1, 0.15) is 12.1 Å². The molecule has 2 N–H and O–H groups in total. The minimum Gasteiger partial charge on any atom is -0.467 e. The zero-order valence-corrected chi connectivity index (χ0v) is 15.4. The Morgan fingerprint density at radius 1 is 1.21 bits per heavy atom. The van der Waals surface area contributed by atoms with E-state index in [0.717, 1.165) is 0 Å². The number of carbonyl (C=O) groups is 3. The number of benzene rings is 1. The molecule has 0 aliphatic rings. The Labute approximate surface area is 150 Å². The second kappa shape index (κ2) is 10.2. The van der Waals surface area contributed by atoms with E-state index in [1.807, 2.05) is 6.26 Å². The second-order valence-corrected chi connectivity index (χ2v) is 6.49. The molecule has 0 saturated heterocycles. The number of ether oxygens (including phenoxy) is 1. The smallest absolute Gasteiger partial charge is 0.328 e. The highest BCUT2D eigenvalue weighted by Crippen LogP contribution is 2.09. The van der Waals surface area contributed by atoms with Crippen LogP contribution in [-0.2, 0) is 14.3 Å². The van der Waals surface area contributed by atoms with E-state index in [1.165, 1.54) is 7.11 Å². The lowest BCUT2D eigenvalue weighted by molar-refractivity contribution is -0.145. The molecule has 0 radical (unpaired) electrons. The van der Waals surface area contributed by atoms with Crippen LogP contribution in [0, 0.1) is 0 Å². The van der Waals surface area contributed by atoms with Gasteiger partial charge in [0, 0.05) is 10.6 Å². The molecule has 0 fully saturated rings. The number of hydrogen-bond acceptors (Lipinski definition) is 5. The van der Waals surface area contributed by atoms with Crippen molar-refractivity contribution in [2.45, 2.75) is 25.4 Å². The fraction of sp³-hybridized carbons (Fsp3) is 0.438. The van der Waals surface area contributed by atoms with Crippen molar-refractivity contribution in [1.29, 1.82) is 0 Å². The molecule has 0 spiro atoms. The third kappa shape index (κ3) is 6.41. The van der Waals surface area contributed by atoms with Crippen LogP contribution in [0.15, 0.2) is 24.3 Å². The Balaban J connectivity index is 2.63. The van der Waals surface area contributed by atoms with Crippen LogP contribution in [0.2, 0.25) is 5.02 Å². The summed E-state index contributed by atoms with van der Waals surface area (Å²) in [5, 5.41) is 5.71. The highest BCUT2D eigenvalue weighted by atomic mass is 35.5. The number of thioether (sulfide) groups is 1. The van der Waals surface area contributed by atoms with Crippen LogP contribution in [0.5, 0.6) is 0 Å². The van der Waals surface area contributed by atoms with Crippen molar-refractivity contribution in [3.63, 3.8) is 0 Å². The van der Waals surface area contributed by atoms with E-state index in [-0.39, 0.29) is 0 Å². The fourth-order valence-corrected chi connectivity index (χ4v) is 2.47. The Kier molecular flexibility index (Phi) is 8.63. The van der Waals surface area contributed by atoms with E-state index in [9.17, 15) is 14.4 Å². The van der Waals surface area contributed by atoms with Crippen molar-refractivity contribution >= 4 is 41.1 Å². The van der Waals surface area contributed by atoms with Gasteiger partial charge in [0.15, 0.2) is 0 Å². The van der Waals surface area contributed by atoms with Crippen molar-refractivity contribution in [3.05, 3.63) is 34.9 Å². The summed E-state index contributed by atoms with van der Waals surface area (Å²) in [4.78, 5) is 36.0. The first-order valence-corrected chi connectivity index (χ1v) is 9.09. The monoisotopic (exact) mass is 372 g/mol. The van der Waals surface area contributed by atoms with Gasteiger partial charge in [-0.15, -0.1) is 0 Å². The predicted molar refractivity (Wildman–Crippen MR) is 95.3 cm³/mol. The Bertz CT molecular complexity index is 580. The molecular formula is C16H21ClN2O4S. The van der Waals surface area contributed by atoms with Crippen LogP contribution >= 0.6 is 23.4 Å². The molecule has 132 valence electrons. The van der Waals surface area contributed by atoms with Gasteiger partial charge in [-0.2, -0.15) is 11.8 Å². The largest absolute Gasteiger partial charge is 0.467 e. The first-order valence-electron chi connectivity index (χ1n) is 7.32. The molecule has 1 aromatic rings. The zero-order chi connectivity index (χ0) is 18.1. The van der Waals surface area contributed by atoms with Crippen LogP contribution in [0.4, 0.5) is 0 Å². The molecule has 0 aliphatic heterocycles. The Morgan fingerprint density at radius 2 is 1.83 bits per heavy atom. The lowest BCUT2D eigenvalue weighted by Crippen LogP contribution is -2.50. The maximum absolute atomic E-state index is 12.2. The minimum atomic E-state index is -0.797. The normalized spacial score (nSPS) is 12.8. The van der Waals surface area contributed by atoms with E-state index in [2.05, 4.69) is 15.4 Å². The summed E-state index contributed by atoms with van der Waals surface area (Å²) in [7, 11) is 1.27. The van der Waals surface area contributed by atoms with E-state index >= 15 is 0 Å². The fourth-order valence-electron chi connectivity index (χ4n) is 1.87. The number of hydrogen-bond donors (Lipinski definition) is 2. The summed E-state index contributed by atoms with van der Waals surface area (Å²) >= 11 is 7.34. The summed E-state index contributed by atoms with van der Waals surface area (Å²) in [6.07, 6.45) is 2.36. The number of halogens is 1. The third-order valence-electron chi connectivity index (χ3n) is 3.26. The standard InChI is InChI=1S/C16H21ClN2O4S/c1-10(18-15(21)11-4-6-12(17)7-5-11)14(20)19-13(8-9-24-3)16(22)23-2/h4-7,10,13H,8-9H2,1-3H3,(H,18,21)(H,19,20)/t10-,13-/m0/s1. The van der Waals surface area contributed by atoms with E-state index < -0.39 is 29.9 Å². The summed E-state index contributed by atoms with van der Waals surface area (Å²) in [5.41, 5.74) is 0.394. The number of methoxy groups -OCH3 is 1. The highest BCUT2D eigenvalue weighted by Gasteiger charge is 2.24. The van der Waals surface area contributed by atoms with Crippen LogP contribution in [-0.4, -0.2) is 49.0 Å². The summed E-state index contributed by atoms with van der Waals surface area (Å²) in [6.45, 7) is 1.55. The maximum atomic E-state index is 12.2. The maximum Gasteiger partial charge on any atom is 0.328 e. The van der Waals surface area contributed by atoms with Gasteiger partial charge in [-0.05, 0) is 49.6 Å². The molecule has 0 saturated carbocycles. The van der Waals surface area contributed by atoms with Gasteiger partial charge in [0.05, 0.1) is 7.11 Å². The third-order valence-corrected chi connectivity index (χ3v) is 4.16. The molecule has 0 heterocycles. The number of rotatable bonds is 8. The molecule has 2 atom stereocenters. The van der Waals surface area contributed by atoms with Crippen LogP contribution in [0.3, 0.4) is 0 Å². The highest BCUT2D eigenvalue weighted by molar-refractivity contribution is 7.98. The molecule has 0 bridgehead atoms. The van der Waals surface area contributed by atoms with Gasteiger partial charge in [0.25, 0.3) is 5.91 Å². The summed E-state index contributed by atoms with van der Waals surface area (Å²) < 4.78 is 4.69. The second-order valence-electron chi connectivity index (χ2n) is 5.07. The van der Waals surface area contributed by atoms with Crippen LogP contribution in [0.1, 0.15) is 23.7 Å². The lowest BCUT2D eigenvalue weighted by atomic mass is 10.1. The quantitative estimate of drug-likeness (QED) is 0.680. The average Bonchev–Trinajstić information content (AvgIpc) is 2.57. The molecule has 0 aliphatic carbocycles. The Hall–Kier alpha value is -1.73. The van der Waals surface area contributed by atoms with Crippen molar-refractivity contribution in [2.75, 3.05) is 19.1 Å². The summed E-state index contributed by atoms with van der Waals surface area (Å²) in [6, 6.07) is 4.79. The number of carbonyl (C=O) groups excluding carboxylic acids is 3. The number of esters is 1. The number of amides is 2. The van der Waals surface area contributed by atoms with Crippen molar-refractivity contribution in [1.82, 2.24) is 10.6 Å². The number of nitrogens with one attached hydrogen (secondary N) is 2. The molecule has 2 amide bonds. The molecule has 8 heteroatoms. The molecule has 6 nitrogen and oxygen atoms in total. The SMILES string of the molecule is COC(=O)[C@H](CCSC)NC(=O)[C@H](C)NC(=O)c1ccc(Cl)cc1. The molecular weight excluding hydrogens is 352 g/mol. The van der Waals surface area contributed by atoms with E-state index in [0.29, 0.717) is 22.8 Å². The van der Waals surface area contributed by atoms with E-state index in [1.54, 1.807) is 43.0 Å². The first kappa shape index (κ1) is 20.3. The van der Waals surface area contributed by atoms with Gasteiger partial charge in [-0.3, -0.25) is 9.59 Å². The molecule has 0 aromatic heterocycles. The van der Waals surface area contributed by atoms with Gasteiger partial charge in [-0.25, -0.2) is 4.79 Å². The Morgan fingerprint density at radius 3 is 2.38 bits per heavy atom. The molecule has 0 unspecified atom stereocenters. The zero-order valence-electron chi connectivity index (χ0n) is 13.8. The van der Waals surface area contributed by atoms with Crippen molar-refractivity contribution in [3.8, 4) is 0 Å². The van der Waals surface area contributed by atoms with Crippen LogP contribution < -0.4 is 10.6 Å². The molecule has 1 rings (SSSR count). The van der Waals surface area contributed by atoms with Gasteiger partial charge < -0.3 is 15.4 Å². The van der Waals surface area contributed by atoms with Crippen molar-refractivity contribution in [2.24, 2.45) is 0 Å². The predicted octanol–water partition coefficient (Wildman–Crippen LogP) is 1.87. The van der Waals surface area contributed by atoms with Gasteiger partial charge in [-0.1, -0.05) is 11.6 Å². The lowest BCUT2D eigenvalue weighted by Gasteiger charge is -2.19.